The molecule has 3 amide bonds. The number of hydrogen-bond donors (Lipinski definition) is 1. The number of nitrogens with one attached hydrogen (secondary N) is 1. The second-order valence-corrected chi connectivity index (χ2v) is 8.93. The van der Waals surface area contributed by atoms with E-state index in [9.17, 15) is 14.4 Å². The number of hydrogen-bond acceptors (Lipinski definition) is 3. The molecule has 2 heterocycles. The number of amides is 3. The van der Waals surface area contributed by atoms with Crippen molar-refractivity contribution in [1.82, 2.24) is 15.1 Å². The van der Waals surface area contributed by atoms with E-state index in [1.54, 1.807) is 34.1 Å². The molecule has 0 aliphatic carbocycles. The molecule has 168 valence electrons. The Kier molecular flexibility index (Phi) is 6.80. The highest BCUT2D eigenvalue weighted by Gasteiger charge is 2.42. The van der Waals surface area contributed by atoms with Crippen LogP contribution in [0.5, 0.6) is 0 Å². The molecule has 0 spiro atoms. The van der Waals surface area contributed by atoms with E-state index < -0.39 is 12.1 Å². The Morgan fingerprint density at radius 1 is 0.938 bits per heavy atom. The number of carbonyl (C=O) groups is 3. The van der Waals surface area contributed by atoms with Crippen LogP contribution in [0.15, 0.2) is 54.6 Å². The molecule has 2 fully saturated rings. The van der Waals surface area contributed by atoms with Gasteiger partial charge in [-0.2, -0.15) is 0 Å². The summed E-state index contributed by atoms with van der Waals surface area (Å²) in [5.74, 6) is -0.470. The molecule has 0 radical (unpaired) electrons. The van der Waals surface area contributed by atoms with E-state index in [4.69, 9.17) is 11.6 Å². The van der Waals surface area contributed by atoms with Crippen LogP contribution in [0.2, 0.25) is 5.02 Å². The fourth-order valence-electron chi connectivity index (χ4n) is 4.68. The highest BCUT2D eigenvalue weighted by molar-refractivity contribution is 6.31. The van der Waals surface area contributed by atoms with Gasteiger partial charge in [0.25, 0.3) is 5.91 Å². The van der Waals surface area contributed by atoms with Crippen LogP contribution >= 0.6 is 11.6 Å². The third-order valence-corrected chi connectivity index (χ3v) is 6.60. The first-order valence-corrected chi connectivity index (χ1v) is 11.6. The first kappa shape index (κ1) is 22.3. The van der Waals surface area contributed by atoms with Crippen molar-refractivity contribution < 1.29 is 14.4 Å². The van der Waals surface area contributed by atoms with Crippen molar-refractivity contribution in [2.24, 2.45) is 0 Å². The molecule has 1 N–H and O–H groups in total. The SMILES string of the molecule is C[C@@H](NC(=O)[C@@H]1CCCN1C(=O)[C@@H]1CCCN1C(=O)c1cccc(Cl)c1)c1ccccc1. The van der Waals surface area contributed by atoms with Crippen LogP contribution in [0, 0.1) is 0 Å². The van der Waals surface area contributed by atoms with Gasteiger partial charge in [-0.05, 0) is 56.4 Å². The van der Waals surface area contributed by atoms with Crippen LogP contribution in [0.25, 0.3) is 0 Å². The van der Waals surface area contributed by atoms with Gasteiger partial charge < -0.3 is 15.1 Å². The van der Waals surface area contributed by atoms with Gasteiger partial charge >= 0.3 is 0 Å². The Hall–Kier alpha value is -2.86. The predicted molar refractivity (Wildman–Crippen MR) is 123 cm³/mol. The Morgan fingerprint density at radius 2 is 1.62 bits per heavy atom. The van der Waals surface area contributed by atoms with Gasteiger partial charge in [0.15, 0.2) is 0 Å². The molecule has 2 saturated heterocycles. The average molecular weight is 454 g/mol. The molecule has 6 nitrogen and oxygen atoms in total. The smallest absolute Gasteiger partial charge is 0.254 e. The maximum absolute atomic E-state index is 13.5. The van der Waals surface area contributed by atoms with Gasteiger partial charge in [-0.25, -0.2) is 0 Å². The number of benzene rings is 2. The van der Waals surface area contributed by atoms with Gasteiger partial charge in [0, 0.05) is 23.7 Å². The molecule has 2 aromatic carbocycles. The van der Waals surface area contributed by atoms with Gasteiger partial charge in [-0.3, -0.25) is 14.4 Å². The first-order valence-electron chi connectivity index (χ1n) is 11.2. The minimum absolute atomic E-state index is 0.136. The lowest BCUT2D eigenvalue weighted by molar-refractivity contribution is -0.141. The first-order chi connectivity index (χ1) is 15.5. The molecule has 0 saturated carbocycles. The summed E-state index contributed by atoms with van der Waals surface area (Å²) < 4.78 is 0. The second-order valence-electron chi connectivity index (χ2n) is 8.50. The van der Waals surface area contributed by atoms with E-state index in [1.165, 1.54) is 0 Å². The van der Waals surface area contributed by atoms with E-state index in [2.05, 4.69) is 5.32 Å². The van der Waals surface area contributed by atoms with Crippen molar-refractivity contribution in [3.8, 4) is 0 Å². The van der Waals surface area contributed by atoms with Crippen LogP contribution in [0.4, 0.5) is 0 Å². The molecule has 2 aliphatic heterocycles. The topological polar surface area (TPSA) is 69.7 Å². The van der Waals surface area contributed by atoms with Gasteiger partial charge in [-0.15, -0.1) is 0 Å². The molecule has 32 heavy (non-hydrogen) atoms. The molecule has 4 rings (SSSR count). The molecule has 2 aliphatic rings. The van der Waals surface area contributed by atoms with Crippen molar-refractivity contribution in [3.63, 3.8) is 0 Å². The van der Waals surface area contributed by atoms with Crippen LogP contribution in [-0.2, 0) is 9.59 Å². The zero-order valence-electron chi connectivity index (χ0n) is 18.2. The van der Waals surface area contributed by atoms with Gasteiger partial charge in [0.1, 0.15) is 12.1 Å². The zero-order chi connectivity index (χ0) is 22.7. The van der Waals surface area contributed by atoms with E-state index in [1.807, 2.05) is 37.3 Å². The zero-order valence-corrected chi connectivity index (χ0v) is 18.9. The van der Waals surface area contributed by atoms with Crippen LogP contribution in [-0.4, -0.2) is 52.7 Å². The maximum Gasteiger partial charge on any atom is 0.254 e. The van der Waals surface area contributed by atoms with E-state index in [0.717, 1.165) is 18.4 Å². The minimum atomic E-state index is -0.540. The summed E-state index contributed by atoms with van der Waals surface area (Å²) in [6.07, 6.45) is 2.78. The van der Waals surface area contributed by atoms with Crippen LogP contribution in [0.3, 0.4) is 0 Å². The molecule has 0 aromatic heterocycles. The third kappa shape index (κ3) is 4.65. The molecule has 3 atom stereocenters. The standard InChI is InChI=1S/C25H28ClN3O3/c1-17(18-8-3-2-4-9-18)27-23(30)21-12-6-14-28(21)25(32)22-13-7-15-29(22)24(31)19-10-5-11-20(26)16-19/h2-5,8-11,16-17,21-22H,6-7,12-15H2,1H3,(H,27,30)/t17-,21+,22+/m1/s1. The summed E-state index contributed by atoms with van der Waals surface area (Å²) in [4.78, 5) is 42.9. The molecule has 2 aromatic rings. The molecule has 0 bridgehead atoms. The monoisotopic (exact) mass is 453 g/mol. The van der Waals surface area contributed by atoms with Crippen molar-refractivity contribution in [1.29, 1.82) is 0 Å². The molecule has 7 heteroatoms. The lowest BCUT2D eigenvalue weighted by Crippen LogP contribution is -2.53. The number of rotatable bonds is 5. The largest absolute Gasteiger partial charge is 0.348 e. The van der Waals surface area contributed by atoms with E-state index >= 15 is 0 Å². The number of likely N-dealkylation sites (tertiary alicyclic amines) is 2. The fraction of sp³-hybridized carbons (Fsp3) is 0.400. The molecular weight excluding hydrogens is 426 g/mol. The van der Waals surface area contributed by atoms with Crippen molar-refractivity contribution in [2.45, 2.75) is 50.7 Å². The van der Waals surface area contributed by atoms with Gasteiger partial charge in [-0.1, -0.05) is 48.0 Å². The summed E-state index contributed by atoms with van der Waals surface area (Å²) in [7, 11) is 0. The molecular formula is C25H28ClN3O3. The summed E-state index contributed by atoms with van der Waals surface area (Å²) in [6.45, 7) is 3.00. The fourth-order valence-corrected chi connectivity index (χ4v) is 4.87. The molecule has 0 unspecified atom stereocenters. The highest BCUT2D eigenvalue weighted by atomic mass is 35.5. The van der Waals surface area contributed by atoms with Crippen LogP contribution < -0.4 is 5.32 Å². The number of nitrogens with zero attached hydrogens (tertiary/aromatic N) is 2. The summed E-state index contributed by atoms with van der Waals surface area (Å²) in [5.41, 5.74) is 1.50. The van der Waals surface area contributed by atoms with Crippen molar-refractivity contribution in [3.05, 3.63) is 70.7 Å². The van der Waals surface area contributed by atoms with Crippen molar-refractivity contribution in [2.75, 3.05) is 13.1 Å². The summed E-state index contributed by atoms with van der Waals surface area (Å²) >= 11 is 6.05. The van der Waals surface area contributed by atoms with Gasteiger partial charge in [0.05, 0.1) is 6.04 Å². The Labute approximate surface area is 193 Å². The average Bonchev–Trinajstić information content (AvgIpc) is 3.49. The predicted octanol–water partition coefficient (Wildman–Crippen LogP) is 3.81. The summed E-state index contributed by atoms with van der Waals surface area (Å²) in [5, 5.41) is 3.54. The quantitative estimate of drug-likeness (QED) is 0.748. The third-order valence-electron chi connectivity index (χ3n) is 6.37. The summed E-state index contributed by atoms with van der Waals surface area (Å²) in [6, 6.07) is 15.4. The Bertz CT molecular complexity index is 997. The van der Waals surface area contributed by atoms with Gasteiger partial charge in [0.2, 0.25) is 11.8 Å². The normalized spacial score (nSPS) is 21.4. The van der Waals surface area contributed by atoms with Crippen molar-refractivity contribution >= 4 is 29.3 Å². The Morgan fingerprint density at radius 3 is 2.34 bits per heavy atom. The minimum Gasteiger partial charge on any atom is -0.348 e. The second kappa shape index (κ2) is 9.74. The lowest BCUT2D eigenvalue weighted by atomic mass is 10.1. The number of carbonyl (C=O) groups excluding carboxylic acids is 3. The van der Waals surface area contributed by atoms with E-state index in [-0.39, 0.29) is 23.8 Å². The lowest BCUT2D eigenvalue weighted by Gasteiger charge is -2.31. The van der Waals surface area contributed by atoms with Crippen LogP contribution in [0.1, 0.15) is 54.6 Å². The number of halogens is 1. The van der Waals surface area contributed by atoms with E-state index in [0.29, 0.717) is 36.5 Å². The Balaban J connectivity index is 1.45. The highest BCUT2D eigenvalue weighted by Crippen LogP contribution is 2.27. The maximum atomic E-state index is 13.5.